The third kappa shape index (κ3) is 3.24. The number of carbonyl (C=O) groups excluding carboxylic acids is 1. The van der Waals surface area contributed by atoms with E-state index in [9.17, 15) is 4.79 Å². The second-order valence-corrected chi connectivity index (χ2v) is 4.10. The second-order valence-electron chi connectivity index (χ2n) is 4.10. The van der Waals surface area contributed by atoms with Gasteiger partial charge in [0, 0.05) is 23.8 Å². The lowest BCUT2D eigenvalue weighted by Gasteiger charge is -2.20. The Bertz CT molecular complexity index is 398. The van der Waals surface area contributed by atoms with Gasteiger partial charge in [-0.05, 0) is 37.1 Å². The highest BCUT2D eigenvalue weighted by atomic mass is 35.5. The van der Waals surface area contributed by atoms with Crippen LogP contribution in [0.3, 0.4) is 0 Å². The van der Waals surface area contributed by atoms with Crippen molar-refractivity contribution in [2.24, 2.45) is 0 Å². The van der Waals surface area contributed by atoms with Gasteiger partial charge in [0.2, 0.25) is 0 Å². The number of carbonyl (C=O) groups is 1. The molecular formula is C13H17ClN2O. The minimum Gasteiger partial charge on any atom is -0.399 e. The summed E-state index contributed by atoms with van der Waals surface area (Å²) in [4.78, 5) is 14.0. The molecule has 1 saturated carbocycles. The lowest BCUT2D eigenvalue weighted by molar-refractivity contribution is 0.0762. The first-order valence-corrected chi connectivity index (χ1v) is 5.50. The van der Waals surface area contributed by atoms with E-state index in [4.69, 9.17) is 5.73 Å². The molecule has 1 aliphatic carbocycles. The Balaban J connectivity index is 0.00000144. The topological polar surface area (TPSA) is 46.3 Å². The maximum atomic E-state index is 12.2. The molecule has 1 aromatic carbocycles. The third-order valence-corrected chi connectivity index (χ3v) is 2.73. The van der Waals surface area contributed by atoms with Gasteiger partial charge < -0.3 is 10.6 Å². The number of benzene rings is 1. The van der Waals surface area contributed by atoms with Gasteiger partial charge in [0.1, 0.15) is 0 Å². The summed E-state index contributed by atoms with van der Waals surface area (Å²) in [7, 11) is 0. The lowest BCUT2D eigenvalue weighted by atomic mass is 10.2. The van der Waals surface area contributed by atoms with E-state index in [0.717, 1.165) is 12.8 Å². The predicted octanol–water partition coefficient (Wildman–Crippen LogP) is 2.48. The molecule has 0 heterocycles. The number of rotatable bonds is 4. The molecule has 1 fully saturated rings. The van der Waals surface area contributed by atoms with Crippen molar-refractivity contribution in [1.82, 2.24) is 4.90 Å². The third-order valence-electron chi connectivity index (χ3n) is 2.73. The maximum Gasteiger partial charge on any atom is 0.254 e. The largest absolute Gasteiger partial charge is 0.399 e. The second kappa shape index (κ2) is 5.73. The van der Waals surface area contributed by atoms with Crippen LogP contribution in [0.4, 0.5) is 5.69 Å². The fraction of sp³-hybridized carbons (Fsp3) is 0.308. The Kier molecular flexibility index (Phi) is 4.58. The van der Waals surface area contributed by atoms with Crippen molar-refractivity contribution in [1.29, 1.82) is 0 Å². The van der Waals surface area contributed by atoms with E-state index in [2.05, 4.69) is 6.58 Å². The molecule has 2 N–H and O–H groups in total. The fourth-order valence-corrected chi connectivity index (χ4v) is 1.71. The highest BCUT2D eigenvalue weighted by molar-refractivity contribution is 5.95. The highest BCUT2D eigenvalue weighted by Crippen LogP contribution is 2.28. The van der Waals surface area contributed by atoms with Gasteiger partial charge in [0.15, 0.2) is 0 Å². The standard InChI is InChI=1S/C13H16N2O.ClH/c1-2-9-15(12-7-8-12)13(16)10-3-5-11(14)6-4-10;/h2-6,12H,1,7-9,14H2;1H. The Morgan fingerprint density at radius 3 is 2.47 bits per heavy atom. The molecule has 17 heavy (non-hydrogen) atoms. The molecule has 0 bridgehead atoms. The van der Waals surface area contributed by atoms with Gasteiger partial charge in [-0.2, -0.15) is 0 Å². The Morgan fingerprint density at radius 2 is 2.00 bits per heavy atom. The summed E-state index contributed by atoms with van der Waals surface area (Å²) < 4.78 is 0. The lowest BCUT2D eigenvalue weighted by Crippen LogP contribution is -2.33. The first-order chi connectivity index (χ1) is 7.72. The van der Waals surface area contributed by atoms with Gasteiger partial charge in [-0.3, -0.25) is 4.79 Å². The average Bonchev–Trinajstić information content (AvgIpc) is 3.10. The van der Waals surface area contributed by atoms with Crippen LogP contribution in [-0.2, 0) is 0 Å². The van der Waals surface area contributed by atoms with E-state index in [0.29, 0.717) is 23.8 Å². The van der Waals surface area contributed by atoms with Crippen LogP contribution < -0.4 is 5.73 Å². The maximum absolute atomic E-state index is 12.2. The first kappa shape index (κ1) is 13.6. The van der Waals surface area contributed by atoms with Crippen molar-refractivity contribution in [3.05, 3.63) is 42.5 Å². The van der Waals surface area contributed by atoms with Crippen LogP contribution in [0, 0.1) is 0 Å². The smallest absolute Gasteiger partial charge is 0.254 e. The molecule has 0 radical (unpaired) electrons. The van der Waals surface area contributed by atoms with Crippen molar-refractivity contribution in [2.45, 2.75) is 18.9 Å². The molecule has 3 nitrogen and oxygen atoms in total. The van der Waals surface area contributed by atoms with E-state index in [1.807, 2.05) is 4.90 Å². The number of nitrogens with two attached hydrogens (primary N) is 1. The molecule has 0 aliphatic heterocycles. The predicted molar refractivity (Wildman–Crippen MR) is 72.4 cm³/mol. The molecule has 0 atom stereocenters. The number of halogens is 1. The zero-order chi connectivity index (χ0) is 11.5. The monoisotopic (exact) mass is 252 g/mol. The minimum atomic E-state index is 0. The molecule has 1 aromatic rings. The Hall–Kier alpha value is -1.48. The summed E-state index contributed by atoms with van der Waals surface area (Å²) >= 11 is 0. The number of hydrogen-bond donors (Lipinski definition) is 1. The minimum absolute atomic E-state index is 0. The van der Waals surface area contributed by atoms with Crippen molar-refractivity contribution in [2.75, 3.05) is 12.3 Å². The van der Waals surface area contributed by atoms with Crippen LogP contribution >= 0.6 is 12.4 Å². The van der Waals surface area contributed by atoms with Gasteiger partial charge in [0.25, 0.3) is 5.91 Å². The van der Waals surface area contributed by atoms with E-state index in [1.54, 1.807) is 30.3 Å². The average molecular weight is 253 g/mol. The van der Waals surface area contributed by atoms with Crippen molar-refractivity contribution in [3.8, 4) is 0 Å². The van der Waals surface area contributed by atoms with Gasteiger partial charge in [0.05, 0.1) is 0 Å². The van der Waals surface area contributed by atoms with Gasteiger partial charge in [-0.15, -0.1) is 19.0 Å². The fourth-order valence-electron chi connectivity index (χ4n) is 1.71. The van der Waals surface area contributed by atoms with E-state index in [-0.39, 0.29) is 18.3 Å². The molecule has 92 valence electrons. The normalized spacial score (nSPS) is 13.6. The molecular weight excluding hydrogens is 236 g/mol. The molecule has 0 unspecified atom stereocenters. The summed E-state index contributed by atoms with van der Waals surface area (Å²) in [5.41, 5.74) is 6.97. The van der Waals surface area contributed by atoms with Gasteiger partial charge in [-0.1, -0.05) is 6.08 Å². The molecule has 2 rings (SSSR count). The molecule has 1 amide bonds. The van der Waals surface area contributed by atoms with Crippen LogP contribution in [0.2, 0.25) is 0 Å². The Labute approximate surface area is 108 Å². The van der Waals surface area contributed by atoms with Crippen LogP contribution in [0.25, 0.3) is 0 Å². The van der Waals surface area contributed by atoms with E-state index < -0.39 is 0 Å². The number of nitrogens with zero attached hydrogens (tertiary/aromatic N) is 1. The number of amides is 1. The SMILES string of the molecule is C=CCN(C(=O)c1ccc(N)cc1)C1CC1.Cl. The zero-order valence-corrected chi connectivity index (χ0v) is 10.5. The molecule has 1 aliphatic rings. The summed E-state index contributed by atoms with van der Waals surface area (Å²) in [6.07, 6.45) is 3.98. The van der Waals surface area contributed by atoms with Crippen molar-refractivity contribution >= 4 is 24.0 Å². The van der Waals surface area contributed by atoms with Crippen LogP contribution in [0.5, 0.6) is 0 Å². The van der Waals surface area contributed by atoms with E-state index >= 15 is 0 Å². The summed E-state index contributed by atoms with van der Waals surface area (Å²) in [5.74, 6) is 0.0717. The number of anilines is 1. The van der Waals surface area contributed by atoms with E-state index in [1.165, 1.54) is 0 Å². The molecule has 0 aromatic heterocycles. The highest BCUT2D eigenvalue weighted by Gasteiger charge is 2.31. The van der Waals surface area contributed by atoms with Gasteiger partial charge >= 0.3 is 0 Å². The molecule has 0 spiro atoms. The first-order valence-electron chi connectivity index (χ1n) is 5.50. The number of hydrogen-bond acceptors (Lipinski definition) is 2. The van der Waals surface area contributed by atoms with Gasteiger partial charge in [-0.25, -0.2) is 0 Å². The van der Waals surface area contributed by atoms with Crippen molar-refractivity contribution in [3.63, 3.8) is 0 Å². The Morgan fingerprint density at radius 1 is 1.41 bits per heavy atom. The number of nitrogen functional groups attached to an aromatic ring is 1. The quantitative estimate of drug-likeness (QED) is 0.661. The van der Waals surface area contributed by atoms with Crippen LogP contribution in [-0.4, -0.2) is 23.4 Å². The summed E-state index contributed by atoms with van der Waals surface area (Å²) in [6.45, 7) is 4.31. The summed E-state index contributed by atoms with van der Waals surface area (Å²) in [5, 5.41) is 0. The van der Waals surface area contributed by atoms with Crippen LogP contribution in [0.15, 0.2) is 36.9 Å². The molecule has 0 saturated heterocycles. The summed E-state index contributed by atoms with van der Waals surface area (Å²) in [6, 6.07) is 7.47. The molecule has 4 heteroatoms. The van der Waals surface area contributed by atoms with Crippen LogP contribution in [0.1, 0.15) is 23.2 Å². The van der Waals surface area contributed by atoms with Crippen molar-refractivity contribution < 1.29 is 4.79 Å². The zero-order valence-electron chi connectivity index (χ0n) is 9.63.